The van der Waals surface area contributed by atoms with E-state index < -0.39 is 28.3 Å². The van der Waals surface area contributed by atoms with E-state index in [4.69, 9.17) is 10.3 Å². The van der Waals surface area contributed by atoms with Gasteiger partial charge in [-0.25, -0.2) is 9.10 Å². The third-order valence-corrected chi connectivity index (χ3v) is 6.83. The number of carbonyl (C=O) groups excluding carboxylic acids is 2. The van der Waals surface area contributed by atoms with E-state index in [0.29, 0.717) is 29.7 Å². The number of nitrogens with zero attached hydrogens (tertiary/aromatic N) is 2. The first-order valence-corrected chi connectivity index (χ1v) is 10.8. The lowest BCUT2D eigenvalue weighted by Gasteiger charge is -2.42. The molecule has 2 aliphatic heterocycles. The Labute approximate surface area is 154 Å². The Balaban J connectivity index is 1.53. The van der Waals surface area contributed by atoms with Gasteiger partial charge in [-0.05, 0) is 51.0 Å². The van der Waals surface area contributed by atoms with Crippen LogP contribution in [0, 0.1) is 5.92 Å². The quantitative estimate of drug-likeness (QED) is 0.356. The Morgan fingerprint density at radius 3 is 2.69 bits per heavy atom. The highest BCUT2D eigenvalue weighted by Gasteiger charge is 2.60. The molecule has 1 aliphatic carbocycles. The van der Waals surface area contributed by atoms with Gasteiger partial charge in [0.1, 0.15) is 6.04 Å². The highest BCUT2D eigenvalue weighted by molar-refractivity contribution is 7.84. The van der Waals surface area contributed by atoms with Gasteiger partial charge in [0.25, 0.3) is 5.91 Å². The van der Waals surface area contributed by atoms with Crippen molar-refractivity contribution < 1.29 is 22.6 Å². The van der Waals surface area contributed by atoms with Crippen molar-refractivity contribution >= 4 is 22.2 Å². The normalized spacial score (nSPS) is 32.0. The van der Waals surface area contributed by atoms with Gasteiger partial charge in [0.15, 0.2) is 0 Å². The molecule has 26 heavy (non-hydrogen) atoms. The molecule has 0 aromatic heterocycles. The van der Waals surface area contributed by atoms with Gasteiger partial charge in [-0.1, -0.05) is 12.8 Å². The van der Waals surface area contributed by atoms with Gasteiger partial charge in [0.05, 0.1) is 6.04 Å². The number of likely N-dealkylation sites (tertiary alicyclic amines) is 1. The average Bonchev–Trinajstić information content (AvgIpc) is 2.78. The van der Waals surface area contributed by atoms with Gasteiger partial charge in [0, 0.05) is 12.6 Å². The summed E-state index contributed by atoms with van der Waals surface area (Å²) in [5.74, 6) is -0.0685. The maximum absolute atomic E-state index is 12.6. The van der Waals surface area contributed by atoms with Crippen molar-refractivity contribution in [3.8, 4) is 0 Å². The highest BCUT2D eigenvalue weighted by Crippen LogP contribution is 2.35. The molecule has 3 amide bonds. The maximum atomic E-state index is 12.6. The van der Waals surface area contributed by atoms with Crippen molar-refractivity contribution in [1.29, 1.82) is 0 Å². The van der Waals surface area contributed by atoms with Crippen LogP contribution in [0.3, 0.4) is 0 Å². The topological polar surface area (TPSA) is 133 Å². The molecule has 0 aromatic rings. The monoisotopic (exact) mass is 388 g/mol. The van der Waals surface area contributed by atoms with Gasteiger partial charge >= 0.3 is 16.3 Å². The van der Waals surface area contributed by atoms with Crippen LogP contribution in [0.15, 0.2) is 0 Å². The zero-order valence-electron chi connectivity index (χ0n) is 14.8. The third kappa shape index (κ3) is 3.81. The first-order chi connectivity index (χ1) is 12.3. The van der Waals surface area contributed by atoms with Gasteiger partial charge in [-0.3, -0.25) is 9.35 Å². The summed E-state index contributed by atoms with van der Waals surface area (Å²) in [5.41, 5.74) is 5.58. The Kier molecular flexibility index (Phi) is 5.73. The van der Waals surface area contributed by atoms with Crippen molar-refractivity contribution in [3.05, 3.63) is 0 Å². The molecular weight excluding hydrogens is 360 g/mol. The molecule has 3 fully saturated rings. The molecule has 0 bridgehead atoms. The van der Waals surface area contributed by atoms with Crippen molar-refractivity contribution in [1.82, 2.24) is 14.5 Å². The van der Waals surface area contributed by atoms with Crippen LogP contribution in [0.5, 0.6) is 0 Å². The zero-order chi connectivity index (χ0) is 18.9. The fourth-order valence-electron chi connectivity index (χ4n) is 4.52. The first-order valence-electron chi connectivity index (χ1n) is 9.40. The summed E-state index contributed by atoms with van der Waals surface area (Å²) in [5, 5.41) is 3.02. The molecule has 0 radical (unpaired) electrons. The number of hydrogen-bond donors (Lipinski definition) is 3. The Morgan fingerprint density at radius 1 is 1.23 bits per heavy atom. The van der Waals surface area contributed by atoms with E-state index in [1.807, 2.05) is 0 Å². The standard InChI is InChI=1S/C16H28N4O5S/c17-9-2-4-11-3-1-5-12(7-6-11)18-16(22)19-10-8-13-14(19)15(21)20(13)26(23,24)25/h11-14H,1-10,17H2,(H,18,22)(H,23,24,25)/t11?,12?,13-,14+/m1/s1. The molecule has 4 atom stereocenters. The lowest BCUT2D eigenvalue weighted by atomic mass is 9.95. The van der Waals surface area contributed by atoms with Crippen LogP contribution >= 0.6 is 0 Å². The van der Waals surface area contributed by atoms with Crippen molar-refractivity contribution in [2.24, 2.45) is 11.7 Å². The van der Waals surface area contributed by atoms with Crippen molar-refractivity contribution in [3.63, 3.8) is 0 Å². The Morgan fingerprint density at radius 2 is 2.00 bits per heavy atom. The lowest BCUT2D eigenvalue weighted by molar-refractivity contribution is -0.143. The van der Waals surface area contributed by atoms with E-state index in [9.17, 15) is 18.0 Å². The molecule has 2 saturated heterocycles. The van der Waals surface area contributed by atoms with Crippen molar-refractivity contribution in [2.75, 3.05) is 13.1 Å². The Hall–Kier alpha value is -1.39. The molecule has 9 nitrogen and oxygen atoms in total. The highest BCUT2D eigenvalue weighted by atomic mass is 32.2. The second kappa shape index (κ2) is 7.69. The molecule has 0 spiro atoms. The molecule has 1 saturated carbocycles. The van der Waals surface area contributed by atoms with E-state index in [2.05, 4.69) is 5.32 Å². The first kappa shape index (κ1) is 19.4. The van der Waals surface area contributed by atoms with E-state index in [0.717, 1.165) is 44.9 Å². The summed E-state index contributed by atoms with van der Waals surface area (Å²) < 4.78 is 32.1. The van der Waals surface area contributed by atoms with Crippen LogP contribution in [-0.4, -0.2) is 65.3 Å². The van der Waals surface area contributed by atoms with Crippen LogP contribution in [-0.2, 0) is 15.1 Å². The smallest absolute Gasteiger partial charge is 0.335 e. The minimum absolute atomic E-state index is 0.0808. The summed E-state index contributed by atoms with van der Waals surface area (Å²) in [4.78, 5) is 26.0. The lowest BCUT2D eigenvalue weighted by Crippen LogP contribution is -2.69. The van der Waals surface area contributed by atoms with E-state index in [1.165, 1.54) is 4.90 Å². The number of amides is 3. The van der Waals surface area contributed by atoms with Crippen LogP contribution < -0.4 is 11.1 Å². The molecule has 2 unspecified atom stereocenters. The number of β-lactam (4-membered cyclic amide) rings is 1. The fourth-order valence-corrected chi connectivity index (χ4v) is 5.42. The summed E-state index contributed by atoms with van der Waals surface area (Å²) >= 11 is 0. The molecule has 10 heteroatoms. The van der Waals surface area contributed by atoms with E-state index in [-0.39, 0.29) is 12.1 Å². The number of rotatable bonds is 5. The third-order valence-electron chi connectivity index (χ3n) is 5.88. The molecular formula is C16H28N4O5S. The second-order valence-electron chi connectivity index (χ2n) is 7.56. The number of nitrogens with one attached hydrogen (secondary N) is 1. The van der Waals surface area contributed by atoms with Gasteiger partial charge in [-0.15, -0.1) is 0 Å². The molecule has 2 heterocycles. The minimum Gasteiger partial charge on any atom is -0.335 e. The summed E-state index contributed by atoms with van der Waals surface area (Å²) in [6.07, 6.45) is 7.62. The summed E-state index contributed by atoms with van der Waals surface area (Å²) in [6, 6.07) is -1.65. The van der Waals surface area contributed by atoms with Crippen LogP contribution in [0.2, 0.25) is 0 Å². The number of carbonyl (C=O) groups is 2. The summed E-state index contributed by atoms with van der Waals surface area (Å²) in [7, 11) is -4.55. The molecule has 4 N–H and O–H groups in total. The number of hydrogen-bond acceptors (Lipinski definition) is 5. The summed E-state index contributed by atoms with van der Waals surface area (Å²) in [6.45, 7) is 1.02. The predicted molar refractivity (Wildman–Crippen MR) is 94.5 cm³/mol. The van der Waals surface area contributed by atoms with E-state index >= 15 is 0 Å². The number of urea groups is 1. The number of fused-ring (bicyclic) bond motifs is 1. The average molecular weight is 388 g/mol. The van der Waals surface area contributed by atoms with Crippen LogP contribution in [0.4, 0.5) is 4.79 Å². The largest absolute Gasteiger partial charge is 0.362 e. The Bertz CT molecular complexity index is 655. The minimum atomic E-state index is -4.55. The second-order valence-corrected chi connectivity index (χ2v) is 8.85. The SMILES string of the molecule is NCCCC1CCCC(NC(=O)N2CC[C@@H]3[C@H]2C(=O)N3S(=O)(=O)O)CC1. The predicted octanol–water partition coefficient (Wildman–Crippen LogP) is 0.472. The van der Waals surface area contributed by atoms with Gasteiger partial charge < -0.3 is 16.0 Å². The fraction of sp³-hybridized carbons (Fsp3) is 0.875. The molecule has 148 valence electrons. The zero-order valence-corrected chi connectivity index (χ0v) is 15.7. The molecule has 3 rings (SSSR count). The van der Waals surface area contributed by atoms with Gasteiger partial charge in [0.2, 0.25) is 0 Å². The van der Waals surface area contributed by atoms with Crippen LogP contribution in [0.25, 0.3) is 0 Å². The van der Waals surface area contributed by atoms with Gasteiger partial charge in [-0.2, -0.15) is 8.42 Å². The van der Waals surface area contributed by atoms with Crippen molar-refractivity contribution in [2.45, 2.75) is 69.5 Å². The molecule has 0 aromatic carbocycles. The number of nitrogens with two attached hydrogens (primary N) is 1. The molecule has 3 aliphatic rings. The van der Waals surface area contributed by atoms with E-state index in [1.54, 1.807) is 0 Å². The van der Waals surface area contributed by atoms with Crippen LogP contribution in [0.1, 0.15) is 51.4 Å². The maximum Gasteiger partial charge on any atom is 0.362 e.